The molecule has 0 atom stereocenters. The number of hydrogen-bond donors (Lipinski definition) is 2. The summed E-state index contributed by atoms with van der Waals surface area (Å²) in [6.07, 6.45) is 0. The van der Waals surface area contributed by atoms with Gasteiger partial charge in [0.2, 0.25) is 5.96 Å². The molecule has 3 nitrogen and oxygen atoms in total. The summed E-state index contributed by atoms with van der Waals surface area (Å²) in [6.45, 7) is 0. The van der Waals surface area contributed by atoms with E-state index in [0.29, 0.717) is 4.47 Å². The fourth-order valence-corrected chi connectivity index (χ4v) is 1.13. The van der Waals surface area contributed by atoms with Crippen LogP contribution in [0, 0.1) is 5.82 Å². The van der Waals surface area contributed by atoms with Crippen molar-refractivity contribution in [3.8, 4) is 0 Å². The van der Waals surface area contributed by atoms with E-state index < -0.39 is 5.82 Å². The summed E-state index contributed by atoms with van der Waals surface area (Å²) < 4.78 is 16.9. The largest absolute Gasteiger partial charge is 0.369 e. The third-order valence-corrected chi connectivity index (χ3v) is 1.96. The molecule has 0 amide bonds. The Morgan fingerprint density at radius 3 is 2.85 bits per heavy atom. The Morgan fingerprint density at radius 1 is 1.62 bits per heavy atom. The quantitative estimate of drug-likeness (QED) is 0.606. The van der Waals surface area contributed by atoms with E-state index in [4.69, 9.17) is 17.5 Å². The van der Waals surface area contributed by atoms with Gasteiger partial charge in [-0.3, -0.25) is 0 Å². The van der Waals surface area contributed by atoms with E-state index in [2.05, 4.69) is 25.8 Å². The SMILES string of the molecule is NC(=NCl)Nc1ccc(Br)cc1F. The minimum absolute atomic E-state index is 0.0529. The normalized spacial score (nSPS) is 11.5. The molecule has 1 aromatic rings. The van der Waals surface area contributed by atoms with E-state index >= 15 is 0 Å². The molecule has 0 spiro atoms. The minimum atomic E-state index is -0.433. The van der Waals surface area contributed by atoms with Crippen LogP contribution >= 0.6 is 27.7 Å². The molecule has 0 fully saturated rings. The van der Waals surface area contributed by atoms with Crippen LogP contribution in [0.25, 0.3) is 0 Å². The predicted octanol–water partition coefficient (Wildman–Crippen LogP) is 2.47. The lowest BCUT2D eigenvalue weighted by Gasteiger charge is -2.04. The Balaban J connectivity index is 2.90. The average Bonchev–Trinajstić information content (AvgIpc) is 2.09. The van der Waals surface area contributed by atoms with Crippen molar-refractivity contribution >= 4 is 39.4 Å². The number of nitrogens with one attached hydrogen (secondary N) is 1. The molecule has 0 unspecified atom stereocenters. The zero-order valence-corrected chi connectivity index (χ0v) is 8.73. The molecule has 0 bridgehead atoms. The summed E-state index contributed by atoms with van der Waals surface area (Å²) in [6, 6.07) is 4.51. The van der Waals surface area contributed by atoms with Gasteiger partial charge in [-0.1, -0.05) is 15.9 Å². The molecule has 0 saturated heterocycles. The van der Waals surface area contributed by atoms with Crippen LogP contribution in [-0.4, -0.2) is 5.96 Å². The Labute approximate surface area is 88.0 Å². The molecule has 1 aromatic carbocycles. The van der Waals surface area contributed by atoms with Gasteiger partial charge >= 0.3 is 0 Å². The molecular weight excluding hydrogens is 260 g/mol. The van der Waals surface area contributed by atoms with Crippen LogP contribution in [-0.2, 0) is 0 Å². The Bertz CT molecular complexity index is 343. The molecule has 3 N–H and O–H groups in total. The highest BCUT2D eigenvalue weighted by Crippen LogP contribution is 2.18. The molecule has 13 heavy (non-hydrogen) atoms. The molecule has 1 rings (SSSR count). The van der Waals surface area contributed by atoms with Crippen LogP contribution < -0.4 is 11.1 Å². The van der Waals surface area contributed by atoms with Gasteiger partial charge in [-0.25, -0.2) is 4.39 Å². The Hall–Kier alpha value is -0.810. The van der Waals surface area contributed by atoms with Gasteiger partial charge in [0, 0.05) is 16.2 Å². The van der Waals surface area contributed by atoms with E-state index in [1.807, 2.05) is 0 Å². The van der Waals surface area contributed by atoms with Crippen LogP contribution in [0.1, 0.15) is 0 Å². The molecule has 0 aromatic heterocycles. The highest BCUT2D eigenvalue weighted by Gasteiger charge is 2.02. The number of hydrogen-bond acceptors (Lipinski definition) is 1. The lowest BCUT2D eigenvalue weighted by Crippen LogP contribution is -2.21. The van der Waals surface area contributed by atoms with Gasteiger partial charge in [0.1, 0.15) is 5.82 Å². The van der Waals surface area contributed by atoms with Crippen molar-refractivity contribution < 1.29 is 4.39 Å². The standard InChI is InChI=1S/C7H6BrClFN3/c8-4-1-2-6(5(10)3-4)12-7(11)13-9/h1-3H,(H3,11,12,13). The first-order valence-corrected chi connectivity index (χ1v) is 4.43. The zero-order valence-electron chi connectivity index (χ0n) is 6.39. The third kappa shape index (κ3) is 2.86. The van der Waals surface area contributed by atoms with E-state index in [0.717, 1.165) is 0 Å². The molecule has 70 valence electrons. The summed E-state index contributed by atoms with van der Waals surface area (Å²) in [7, 11) is 0. The van der Waals surface area contributed by atoms with Crippen LogP contribution in [0.5, 0.6) is 0 Å². The highest BCUT2D eigenvalue weighted by molar-refractivity contribution is 9.10. The van der Waals surface area contributed by atoms with Gasteiger partial charge in [0.15, 0.2) is 0 Å². The number of halogens is 3. The van der Waals surface area contributed by atoms with Crippen LogP contribution in [0.3, 0.4) is 0 Å². The number of anilines is 1. The maximum atomic E-state index is 13.1. The van der Waals surface area contributed by atoms with Crippen molar-refractivity contribution in [2.75, 3.05) is 5.32 Å². The molecule has 0 saturated carbocycles. The second kappa shape index (κ2) is 4.43. The van der Waals surface area contributed by atoms with Gasteiger partial charge in [-0.2, -0.15) is 0 Å². The van der Waals surface area contributed by atoms with Gasteiger partial charge in [0.05, 0.1) is 5.69 Å². The summed E-state index contributed by atoms with van der Waals surface area (Å²) in [4.78, 5) is 0. The number of rotatable bonds is 1. The van der Waals surface area contributed by atoms with Crippen molar-refractivity contribution in [1.82, 2.24) is 0 Å². The number of nitrogens with two attached hydrogens (primary N) is 1. The molecule has 0 aliphatic heterocycles. The molecule has 0 radical (unpaired) electrons. The highest BCUT2D eigenvalue weighted by atomic mass is 79.9. The van der Waals surface area contributed by atoms with Gasteiger partial charge in [0.25, 0.3) is 0 Å². The Morgan fingerprint density at radius 2 is 2.31 bits per heavy atom. The first-order chi connectivity index (χ1) is 6.13. The lowest BCUT2D eigenvalue weighted by molar-refractivity contribution is 0.631. The topological polar surface area (TPSA) is 50.4 Å². The second-order valence-electron chi connectivity index (χ2n) is 2.22. The number of guanidine groups is 1. The van der Waals surface area contributed by atoms with Gasteiger partial charge in [-0.15, -0.1) is 4.51 Å². The summed E-state index contributed by atoms with van der Waals surface area (Å²) in [5, 5.41) is 2.49. The molecule has 0 aliphatic carbocycles. The molecule has 0 aliphatic rings. The van der Waals surface area contributed by atoms with E-state index in [-0.39, 0.29) is 11.6 Å². The van der Waals surface area contributed by atoms with Crippen LogP contribution in [0.15, 0.2) is 27.2 Å². The van der Waals surface area contributed by atoms with Crippen molar-refractivity contribution in [1.29, 1.82) is 0 Å². The Kier molecular flexibility index (Phi) is 3.50. The molecule has 6 heteroatoms. The summed E-state index contributed by atoms with van der Waals surface area (Å²) in [5.41, 5.74) is 5.47. The first kappa shape index (κ1) is 10.3. The average molecular weight is 267 g/mol. The van der Waals surface area contributed by atoms with Gasteiger partial charge in [-0.05, 0) is 18.2 Å². The molecular formula is C7H6BrClFN3. The van der Waals surface area contributed by atoms with Crippen molar-refractivity contribution in [2.24, 2.45) is 10.2 Å². The fourth-order valence-electron chi connectivity index (χ4n) is 0.750. The van der Waals surface area contributed by atoms with Gasteiger partial charge < -0.3 is 11.1 Å². The summed E-state index contributed by atoms with van der Waals surface area (Å²) >= 11 is 8.18. The third-order valence-electron chi connectivity index (χ3n) is 1.28. The minimum Gasteiger partial charge on any atom is -0.369 e. The second-order valence-corrected chi connectivity index (χ2v) is 3.30. The number of benzene rings is 1. The monoisotopic (exact) mass is 265 g/mol. The van der Waals surface area contributed by atoms with Crippen LogP contribution in [0.2, 0.25) is 0 Å². The number of nitrogens with zero attached hydrogens (tertiary/aromatic N) is 1. The smallest absolute Gasteiger partial charge is 0.210 e. The first-order valence-electron chi connectivity index (χ1n) is 3.30. The van der Waals surface area contributed by atoms with Crippen molar-refractivity contribution in [2.45, 2.75) is 0 Å². The predicted molar refractivity (Wildman–Crippen MR) is 55.2 cm³/mol. The zero-order chi connectivity index (χ0) is 9.84. The van der Waals surface area contributed by atoms with Crippen molar-refractivity contribution in [3.05, 3.63) is 28.5 Å². The maximum absolute atomic E-state index is 13.1. The van der Waals surface area contributed by atoms with Crippen LogP contribution in [0.4, 0.5) is 10.1 Å². The summed E-state index contributed by atoms with van der Waals surface area (Å²) in [5.74, 6) is -0.486. The van der Waals surface area contributed by atoms with Crippen molar-refractivity contribution in [3.63, 3.8) is 0 Å². The van der Waals surface area contributed by atoms with E-state index in [9.17, 15) is 4.39 Å². The van der Waals surface area contributed by atoms with E-state index in [1.54, 1.807) is 6.07 Å². The lowest BCUT2D eigenvalue weighted by atomic mass is 10.3. The maximum Gasteiger partial charge on any atom is 0.210 e. The van der Waals surface area contributed by atoms with E-state index in [1.165, 1.54) is 12.1 Å². The molecule has 0 heterocycles. The fraction of sp³-hybridized carbons (Fsp3) is 0.